The molecule has 166 valence electrons. The molecule has 0 bridgehead atoms. The summed E-state index contributed by atoms with van der Waals surface area (Å²) in [6.45, 7) is 3.62. The summed E-state index contributed by atoms with van der Waals surface area (Å²) >= 11 is 3.38. The smallest absolute Gasteiger partial charge is 0.282 e. The maximum Gasteiger partial charge on any atom is 0.282 e. The van der Waals surface area contributed by atoms with Crippen LogP contribution in [0, 0.1) is 13.8 Å². The van der Waals surface area contributed by atoms with Crippen molar-refractivity contribution in [1.29, 1.82) is 0 Å². The van der Waals surface area contributed by atoms with E-state index in [1.165, 1.54) is 4.68 Å². The van der Waals surface area contributed by atoms with Gasteiger partial charge in [-0.3, -0.25) is 9.59 Å². The quantitative estimate of drug-likeness (QED) is 0.386. The van der Waals surface area contributed by atoms with Gasteiger partial charge in [-0.2, -0.15) is 9.78 Å². The summed E-state index contributed by atoms with van der Waals surface area (Å²) in [5.74, 6) is 0.803. The zero-order valence-electron chi connectivity index (χ0n) is 18.1. The highest BCUT2D eigenvalue weighted by atomic mass is 79.9. The number of fused-ring (bicyclic) bond motifs is 1. The molecule has 1 N–H and O–H groups in total. The van der Waals surface area contributed by atoms with Crippen LogP contribution in [0.2, 0.25) is 0 Å². The van der Waals surface area contributed by atoms with E-state index in [1.54, 1.807) is 49.5 Å². The number of amides is 1. The number of nitrogens with zero attached hydrogens (tertiary/aromatic N) is 3. The Morgan fingerprint density at radius 3 is 2.55 bits per heavy atom. The molecule has 7 nitrogen and oxygen atoms in total. The van der Waals surface area contributed by atoms with E-state index in [0.29, 0.717) is 22.5 Å². The molecule has 3 aromatic carbocycles. The summed E-state index contributed by atoms with van der Waals surface area (Å²) < 4.78 is 7.63. The van der Waals surface area contributed by atoms with Crippen molar-refractivity contribution in [1.82, 2.24) is 9.66 Å². The van der Waals surface area contributed by atoms with Gasteiger partial charge in [0, 0.05) is 10.2 Å². The van der Waals surface area contributed by atoms with Gasteiger partial charge in [0.05, 0.1) is 17.1 Å². The fourth-order valence-corrected chi connectivity index (χ4v) is 3.51. The third kappa shape index (κ3) is 5.53. The van der Waals surface area contributed by atoms with E-state index in [2.05, 4.69) is 31.3 Å². The molecule has 1 amide bonds. The molecule has 0 unspecified atom stereocenters. The zero-order valence-corrected chi connectivity index (χ0v) is 19.7. The number of hydrogen-bond donors (Lipinski definition) is 1. The number of aromatic nitrogens is 2. The van der Waals surface area contributed by atoms with Gasteiger partial charge in [0.2, 0.25) is 0 Å². The van der Waals surface area contributed by atoms with E-state index in [9.17, 15) is 9.59 Å². The Kier molecular flexibility index (Phi) is 6.65. The van der Waals surface area contributed by atoms with Gasteiger partial charge in [0.25, 0.3) is 11.5 Å². The maximum absolute atomic E-state index is 12.8. The molecule has 33 heavy (non-hydrogen) atoms. The SMILES string of the molecule is Cc1ccc(NC(=O)COc2ccc(C=Nn3c(C)nc4ccc(Br)cc4c3=O)cc2)cc1. The average Bonchev–Trinajstić information content (AvgIpc) is 2.80. The van der Waals surface area contributed by atoms with Crippen LogP contribution < -0.4 is 15.6 Å². The Morgan fingerprint density at radius 2 is 1.82 bits per heavy atom. The van der Waals surface area contributed by atoms with E-state index >= 15 is 0 Å². The molecule has 0 aliphatic heterocycles. The van der Waals surface area contributed by atoms with Crippen molar-refractivity contribution in [2.24, 2.45) is 5.10 Å². The van der Waals surface area contributed by atoms with Crippen LogP contribution in [0.5, 0.6) is 5.75 Å². The molecule has 8 heteroatoms. The Labute approximate surface area is 198 Å². The number of anilines is 1. The second kappa shape index (κ2) is 9.79. The van der Waals surface area contributed by atoms with Gasteiger partial charge >= 0.3 is 0 Å². The van der Waals surface area contributed by atoms with Gasteiger partial charge in [-0.05, 0) is 74.0 Å². The molecular weight excluding hydrogens is 484 g/mol. The van der Waals surface area contributed by atoms with Gasteiger partial charge in [-0.1, -0.05) is 33.6 Å². The van der Waals surface area contributed by atoms with Crippen molar-refractivity contribution in [3.63, 3.8) is 0 Å². The lowest BCUT2D eigenvalue weighted by molar-refractivity contribution is -0.118. The lowest BCUT2D eigenvalue weighted by atomic mass is 10.2. The fraction of sp³-hybridized carbons (Fsp3) is 0.120. The average molecular weight is 505 g/mol. The number of nitrogens with one attached hydrogen (secondary N) is 1. The van der Waals surface area contributed by atoms with Gasteiger partial charge in [-0.15, -0.1) is 0 Å². The van der Waals surface area contributed by atoms with Crippen molar-refractivity contribution in [2.75, 3.05) is 11.9 Å². The molecule has 0 saturated carbocycles. The highest BCUT2D eigenvalue weighted by Crippen LogP contribution is 2.16. The topological polar surface area (TPSA) is 85.6 Å². The van der Waals surface area contributed by atoms with Crippen LogP contribution in [0.4, 0.5) is 5.69 Å². The second-order valence-corrected chi connectivity index (χ2v) is 8.37. The molecule has 0 atom stereocenters. The molecule has 4 aromatic rings. The molecule has 0 fully saturated rings. The van der Waals surface area contributed by atoms with Gasteiger partial charge < -0.3 is 10.1 Å². The third-order valence-electron chi connectivity index (χ3n) is 4.88. The summed E-state index contributed by atoms with van der Waals surface area (Å²) in [4.78, 5) is 29.3. The fourth-order valence-electron chi connectivity index (χ4n) is 3.15. The molecule has 0 aliphatic rings. The van der Waals surface area contributed by atoms with Crippen molar-refractivity contribution in [3.8, 4) is 5.75 Å². The van der Waals surface area contributed by atoms with Crippen LogP contribution in [-0.4, -0.2) is 28.4 Å². The third-order valence-corrected chi connectivity index (χ3v) is 5.37. The summed E-state index contributed by atoms with van der Waals surface area (Å²) in [5.41, 5.74) is 3.00. The minimum absolute atomic E-state index is 0.103. The largest absolute Gasteiger partial charge is 0.484 e. The van der Waals surface area contributed by atoms with E-state index in [-0.39, 0.29) is 18.1 Å². The number of carbonyl (C=O) groups is 1. The van der Waals surface area contributed by atoms with Crippen molar-refractivity contribution < 1.29 is 9.53 Å². The molecule has 0 saturated heterocycles. The molecule has 4 rings (SSSR count). The zero-order chi connectivity index (χ0) is 23.4. The number of benzene rings is 3. The number of aryl methyl sites for hydroxylation is 2. The minimum Gasteiger partial charge on any atom is -0.484 e. The molecule has 0 aliphatic carbocycles. The summed E-state index contributed by atoms with van der Waals surface area (Å²) in [5, 5.41) is 7.58. The van der Waals surface area contributed by atoms with Crippen molar-refractivity contribution in [2.45, 2.75) is 13.8 Å². The molecule has 0 spiro atoms. The predicted octanol–water partition coefficient (Wildman–Crippen LogP) is 4.68. The van der Waals surface area contributed by atoms with Crippen LogP contribution in [-0.2, 0) is 4.79 Å². The van der Waals surface area contributed by atoms with Gasteiger partial charge in [0.1, 0.15) is 11.6 Å². The Bertz CT molecular complexity index is 1390. The Hall–Kier alpha value is -3.78. The van der Waals surface area contributed by atoms with Crippen LogP contribution in [0.3, 0.4) is 0 Å². The van der Waals surface area contributed by atoms with E-state index in [4.69, 9.17) is 4.74 Å². The maximum atomic E-state index is 12.8. The number of rotatable bonds is 6. The minimum atomic E-state index is -0.241. The lowest BCUT2D eigenvalue weighted by Crippen LogP contribution is -2.20. The first-order chi connectivity index (χ1) is 15.9. The van der Waals surface area contributed by atoms with Crippen molar-refractivity contribution >= 4 is 44.6 Å². The van der Waals surface area contributed by atoms with E-state index < -0.39 is 0 Å². The lowest BCUT2D eigenvalue weighted by Gasteiger charge is -2.08. The van der Waals surface area contributed by atoms with E-state index in [0.717, 1.165) is 21.3 Å². The molecule has 1 heterocycles. The summed E-state index contributed by atoms with van der Waals surface area (Å²) in [6, 6.07) is 20.0. The summed E-state index contributed by atoms with van der Waals surface area (Å²) in [6.07, 6.45) is 1.58. The molecule has 1 aromatic heterocycles. The normalized spacial score (nSPS) is 11.1. The number of hydrogen-bond acceptors (Lipinski definition) is 5. The Balaban J connectivity index is 1.41. The van der Waals surface area contributed by atoms with E-state index in [1.807, 2.05) is 37.3 Å². The molecular formula is C25H21BrN4O3. The monoisotopic (exact) mass is 504 g/mol. The van der Waals surface area contributed by atoms with Crippen LogP contribution in [0.25, 0.3) is 10.9 Å². The first kappa shape index (κ1) is 22.4. The van der Waals surface area contributed by atoms with Crippen LogP contribution >= 0.6 is 15.9 Å². The van der Waals surface area contributed by atoms with Gasteiger partial charge in [-0.25, -0.2) is 4.98 Å². The second-order valence-electron chi connectivity index (χ2n) is 7.45. The highest BCUT2D eigenvalue weighted by Gasteiger charge is 2.08. The number of carbonyl (C=O) groups excluding carboxylic acids is 1. The Morgan fingerprint density at radius 1 is 1.09 bits per heavy atom. The van der Waals surface area contributed by atoms with Crippen LogP contribution in [0.1, 0.15) is 17.0 Å². The number of halogens is 1. The summed E-state index contributed by atoms with van der Waals surface area (Å²) in [7, 11) is 0. The number of ether oxygens (including phenoxy) is 1. The van der Waals surface area contributed by atoms with Crippen LogP contribution in [0.15, 0.2) is 81.1 Å². The first-order valence-electron chi connectivity index (χ1n) is 10.2. The molecule has 0 radical (unpaired) electrons. The van der Waals surface area contributed by atoms with Crippen molar-refractivity contribution in [3.05, 3.63) is 98.5 Å². The standard InChI is InChI=1S/C25H21BrN4O3/c1-16-3-8-20(9-4-16)29-24(31)15-33-21-10-5-18(6-11-21)14-27-30-17(2)28-23-12-7-19(26)13-22(23)25(30)32/h3-14H,15H2,1-2H3,(H,29,31). The first-order valence-corrected chi connectivity index (χ1v) is 11.0. The van der Waals surface area contributed by atoms with Gasteiger partial charge in [0.15, 0.2) is 6.61 Å². The highest BCUT2D eigenvalue weighted by molar-refractivity contribution is 9.10. The predicted molar refractivity (Wildman–Crippen MR) is 133 cm³/mol.